The van der Waals surface area contributed by atoms with Gasteiger partial charge in [-0.25, -0.2) is 0 Å². The number of nitrogens with one attached hydrogen (secondary N) is 1. The number of hydrogen-bond acceptors (Lipinski definition) is 5. The van der Waals surface area contributed by atoms with Crippen LogP contribution in [0.15, 0.2) is 58.8 Å². The van der Waals surface area contributed by atoms with Crippen molar-refractivity contribution >= 4 is 45.3 Å². The van der Waals surface area contributed by atoms with Crippen molar-refractivity contribution in [2.24, 2.45) is 10.2 Å². The molecule has 0 aliphatic carbocycles. The van der Waals surface area contributed by atoms with Crippen molar-refractivity contribution in [1.82, 2.24) is 0 Å². The van der Waals surface area contributed by atoms with E-state index in [1.54, 1.807) is 18.2 Å². The second-order valence-electron chi connectivity index (χ2n) is 5.36. The molecule has 3 aromatic rings. The molecule has 0 saturated carbocycles. The van der Waals surface area contributed by atoms with Gasteiger partial charge in [-0.15, -0.1) is 10.2 Å². The molecule has 0 aliphatic rings. The number of fused-ring (bicyclic) bond motifs is 1. The maximum absolute atomic E-state index is 11.4. The minimum Gasteiger partial charge on any atom is -0.506 e. The van der Waals surface area contributed by atoms with Crippen molar-refractivity contribution in [3.63, 3.8) is 0 Å². The van der Waals surface area contributed by atoms with Gasteiger partial charge in [-0.05, 0) is 29.7 Å². The Morgan fingerprint density at radius 1 is 1.08 bits per heavy atom. The van der Waals surface area contributed by atoms with E-state index in [0.717, 1.165) is 5.39 Å². The lowest BCUT2D eigenvalue weighted by Gasteiger charge is -2.10. The molecule has 3 N–H and O–H groups in total. The zero-order valence-corrected chi connectivity index (χ0v) is 13.9. The van der Waals surface area contributed by atoms with Gasteiger partial charge in [0.2, 0.25) is 5.91 Å². The molecular weight excluding hydrogens is 342 g/mol. The normalized spacial score (nSPS) is 11.1. The highest BCUT2D eigenvalue weighted by Gasteiger charge is 2.14. The molecule has 0 radical (unpaired) electrons. The average Bonchev–Trinajstić information content (AvgIpc) is 2.57. The zero-order chi connectivity index (χ0) is 18.0. The first-order valence-electron chi connectivity index (χ1n) is 7.38. The summed E-state index contributed by atoms with van der Waals surface area (Å²) in [6, 6.07) is 13.3. The Balaban J connectivity index is 2.16. The van der Waals surface area contributed by atoms with E-state index in [1.165, 1.54) is 25.1 Å². The van der Waals surface area contributed by atoms with E-state index in [1.807, 2.05) is 12.1 Å². The largest absolute Gasteiger partial charge is 0.506 e. The number of aromatic hydroxyl groups is 2. The van der Waals surface area contributed by atoms with Gasteiger partial charge in [0, 0.05) is 17.3 Å². The molecular formula is C18H14ClN3O3. The van der Waals surface area contributed by atoms with Crippen LogP contribution in [0.3, 0.4) is 0 Å². The number of anilines is 1. The molecule has 0 aromatic heterocycles. The number of amides is 1. The van der Waals surface area contributed by atoms with Crippen LogP contribution in [0.4, 0.5) is 17.1 Å². The lowest BCUT2D eigenvalue weighted by atomic mass is 10.1. The summed E-state index contributed by atoms with van der Waals surface area (Å²) in [5.74, 6) is -0.616. The standard InChI is InChI=1S/C18H14ClN3O3/c1-10(23)20-15-8-11-4-2-3-5-13(11)17(18(15)25)22-21-14-9-12(19)6-7-16(14)24/h2-9,24-25H,1H3,(H,20,23). The van der Waals surface area contributed by atoms with E-state index in [-0.39, 0.29) is 34.5 Å². The summed E-state index contributed by atoms with van der Waals surface area (Å²) in [4.78, 5) is 11.4. The molecule has 0 bridgehead atoms. The fraction of sp³-hybridized carbons (Fsp3) is 0.0556. The number of phenolic OH excluding ortho intramolecular Hbond substituents is 2. The van der Waals surface area contributed by atoms with Crippen LogP contribution in [0.5, 0.6) is 11.5 Å². The van der Waals surface area contributed by atoms with Crippen molar-refractivity contribution in [1.29, 1.82) is 0 Å². The Labute approximate surface area is 148 Å². The van der Waals surface area contributed by atoms with Gasteiger partial charge in [-0.2, -0.15) is 0 Å². The number of carbonyl (C=O) groups excluding carboxylic acids is 1. The molecule has 6 nitrogen and oxygen atoms in total. The van der Waals surface area contributed by atoms with Gasteiger partial charge in [-0.3, -0.25) is 4.79 Å². The van der Waals surface area contributed by atoms with Crippen molar-refractivity contribution < 1.29 is 15.0 Å². The molecule has 25 heavy (non-hydrogen) atoms. The van der Waals surface area contributed by atoms with Crippen LogP contribution in [-0.2, 0) is 4.79 Å². The fourth-order valence-corrected chi connectivity index (χ4v) is 2.55. The number of rotatable bonds is 3. The van der Waals surface area contributed by atoms with Gasteiger partial charge in [-0.1, -0.05) is 35.9 Å². The highest BCUT2D eigenvalue weighted by Crippen LogP contribution is 2.42. The average molecular weight is 356 g/mol. The van der Waals surface area contributed by atoms with Crippen molar-refractivity contribution in [2.75, 3.05) is 5.32 Å². The van der Waals surface area contributed by atoms with E-state index in [2.05, 4.69) is 15.5 Å². The molecule has 7 heteroatoms. The third-order valence-corrected chi connectivity index (χ3v) is 3.74. The van der Waals surface area contributed by atoms with Crippen LogP contribution < -0.4 is 5.32 Å². The molecule has 0 aliphatic heterocycles. The lowest BCUT2D eigenvalue weighted by molar-refractivity contribution is -0.114. The molecule has 1 amide bonds. The molecule has 0 atom stereocenters. The van der Waals surface area contributed by atoms with Crippen LogP contribution in [0.2, 0.25) is 5.02 Å². The van der Waals surface area contributed by atoms with Gasteiger partial charge >= 0.3 is 0 Å². The Hall–Kier alpha value is -3.12. The van der Waals surface area contributed by atoms with Crippen LogP contribution >= 0.6 is 11.6 Å². The van der Waals surface area contributed by atoms with Gasteiger partial charge in [0.05, 0.1) is 5.69 Å². The van der Waals surface area contributed by atoms with E-state index < -0.39 is 0 Å². The molecule has 126 valence electrons. The maximum atomic E-state index is 11.4. The second kappa shape index (κ2) is 6.78. The Bertz CT molecular complexity index is 1000. The summed E-state index contributed by atoms with van der Waals surface area (Å²) < 4.78 is 0. The Morgan fingerprint density at radius 3 is 2.60 bits per heavy atom. The predicted molar refractivity (Wildman–Crippen MR) is 97.2 cm³/mol. The summed E-state index contributed by atoms with van der Waals surface area (Å²) in [5.41, 5.74) is 0.581. The summed E-state index contributed by atoms with van der Waals surface area (Å²) in [6.45, 7) is 1.35. The summed E-state index contributed by atoms with van der Waals surface area (Å²) in [5, 5.41) is 32.8. The monoisotopic (exact) mass is 355 g/mol. The van der Waals surface area contributed by atoms with Gasteiger partial charge in [0.15, 0.2) is 5.75 Å². The minimum absolute atomic E-state index is 0.0880. The number of benzene rings is 3. The first-order valence-corrected chi connectivity index (χ1v) is 7.76. The van der Waals surface area contributed by atoms with Crippen LogP contribution in [0, 0.1) is 0 Å². The molecule has 0 heterocycles. The summed E-state index contributed by atoms with van der Waals surface area (Å²) >= 11 is 5.90. The van der Waals surface area contributed by atoms with Crippen LogP contribution in [0.1, 0.15) is 6.92 Å². The number of nitrogens with zero attached hydrogens (tertiary/aromatic N) is 2. The minimum atomic E-state index is -0.319. The van der Waals surface area contributed by atoms with Crippen molar-refractivity contribution in [3.8, 4) is 11.5 Å². The first kappa shape index (κ1) is 16.7. The number of azo groups is 1. The highest BCUT2D eigenvalue weighted by atomic mass is 35.5. The molecule has 0 spiro atoms. The fourth-order valence-electron chi connectivity index (χ4n) is 2.38. The molecule has 0 fully saturated rings. The SMILES string of the molecule is CC(=O)Nc1cc2ccccc2c(N=Nc2cc(Cl)ccc2O)c1O. The highest BCUT2D eigenvalue weighted by molar-refractivity contribution is 6.30. The van der Waals surface area contributed by atoms with E-state index in [4.69, 9.17) is 11.6 Å². The Kier molecular flexibility index (Phi) is 4.54. The van der Waals surface area contributed by atoms with E-state index >= 15 is 0 Å². The van der Waals surface area contributed by atoms with E-state index in [0.29, 0.717) is 10.4 Å². The molecule has 0 saturated heterocycles. The first-order chi connectivity index (χ1) is 12.0. The zero-order valence-electron chi connectivity index (χ0n) is 13.2. The summed E-state index contributed by atoms with van der Waals surface area (Å²) in [6.07, 6.45) is 0. The topological polar surface area (TPSA) is 94.3 Å². The third-order valence-electron chi connectivity index (χ3n) is 3.50. The van der Waals surface area contributed by atoms with Gasteiger partial charge in [0.1, 0.15) is 17.1 Å². The second-order valence-corrected chi connectivity index (χ2v) is 5.79. The maximum Gasteiger partial charge on any atom is 0.221 e. The third kappa shape index (κ3) is 3.54. The number of phenols is 2. The van der Waals surface area contributed by atoms with E-state index in [9.17, 15) is 15.0 Å². The quantitative estimate of drug-likeness (QED) is 0.440. The molecule has 3 aromatic carbocycles. The van der Waals surface area contributed by atoms with Crippen molar-refractivity contribution in [2.45, 2.75) is 6.92 Å². The van der Waals surface area contributed by atoms with Crippen molar-refractivity contribution in [3.05, 3.63) is 53.6 Å². The molecule has 0 unspecified atom stereocenters. The number of carbonyl (C=O) groups is 1. The Morgan fingerprint density at radius 2 is 1.84 bits per heavy atom. The summed E-state index contributed by atoms with van der Waals surface area (Å²) in [7, 11) is 0. The predicted octanol–water partition coefficient (Wildman–Crippen LogP) is 5.28. The van der Waals surface area contributed by atoms with Crippen LogP contribution in [-0.4, -0.2) is 16.1 Å². The van der Waals surface area contributed by atoms with Gasteiger partial charge < -0.3 is 15.5 Å². The molecule has 3 rings (SSSR count). The van der Waals surface area contributed by atoms with Crippen LogP contribution in [0.25, 0.3) is 10.8 Å². The smallest absolute Gasteiger partial charge is 0.221 e. The number of halogens is 1. The number of hydrogen-bond donors (Lipinski definition) is 3. The van der Waals surface area contributed by atoms with Gasteiger partial charge in [0.25, 0.3) is 0 Å². The lowest BCUT2D eigenvalue weighted by Crippen LogP contribution is -2.05.